The maximum Gasteiger partial charge on any atom is 0.323 e. The smallest absolute Gasteiger partial charge is 0.323 e. The van der Waals surface area contributed by atoms with E-state index in [-0.39, 0.29) is 49.8 Å². The Labute approximate surface area is 246 Å². The van der Waals surface area contributed by atoms with Gasteiger partial charge in [0, 0.05) is 42.5 Å². The van der Waals surface area contributed by atoms with Crippen LogP contribution in [0.3, 0.4) is 0 Å². The van der Waals surface area contributed by atoms with Gasteiger partial charge in [0.05, 0.1) is 19.1 Å². The molecule has 222 valence electrons. The summed E-state index contributed by atoms with van der Waals surface area (Å²) in [7, 11) is 2.03. The van der Waals surface area contributed by atoms with Gasteiger partial charge in [0.2, 0.25) is 12.7 Å². The van der Waals surface area contributed by atoms with Crippen molar-refractivity contribution in [3.05, 3.63) is 77.9 Å². The van der Waals surface area contributed by atoms with Crippen LogP contribution in [0.4, 0.5) is 16.2 Å². The zero-order valence-electron chi connectivity index (χ0n) is 24.2. The van der Waals surface area contributed by atoms with E-state index < -0.39 is 0 Å². The average Bonchev–Trinajstić information content (AvgIpc) is 3.45. The van der Waals surface area contributed by atoms with Gasteiger partial charge in [-0.05, 0) is 62.0 Å². The third kappa shape index (κ3) is 7.13. The number of rotatable bonds is 8. The van der Waals surface area contributed by atoms with Crippen molar-refractivity contribution in [3.63, 3.8) is 0 Å². The van der Waals surface area contributed by atoms with Crippen molar-refractivity contribution in [2.45, 2.75) is 39.0 Å². The number of benzene rings is 3. The Morgan fingerprint density at radius 2 is 1.76 bits per heavy atom. The lowest BCUT2D eigenvalue weighted by atomic mass is 10.0. The number of hydrogen-bond donors (Lipinski definition) is 3. The number of fused-ring (bicyclic) bond motifs is 2. The predicted molar refractivity (Wildman–Crippen MR) is 160 cm³/mol. The van der Waals surface area contributed by atoms with Gasteiger partial charge in [-0.1, -0.05) is 31.2 Å². The summed E-state index contributed by atoms with van der Waals surface area (Å²) < 4.78 is 17.6. The second kappa shape index (κ2) is 13.1. The van der Waals surface area contributed by atoms with E-state index in [1.54, 1.807) is 29.2 Å². The molecule has 0 aromatic heterocycles. The van der Waals surface area contributed by atoms with Gasteiger partial charge < -0.3 is 34.9 Å². The van der Waals surface area contributed by atoms with Crippen LogP contribution >= 0.6 is 0 Å². The fourth-order valence-corrected chi connectivity index (χ4v) is 5.26. The molecule has 3 aromatic carbocycles. The van der Waals surface area contributed by atoms with Crippen LogP contribution in [-0.2, 0) is 17.8 Å². The molecule has 2 aliphatic rings. The van der Waals surface area contributed by atoms with E-state index in [0.29, 0.717) is 42.3 Å². The minimum absolute atomic E-state index is 0.0254. The lowest BCUT2D eigenvalue weighted by molar-refractivity contribution is -0.134. The zero-order valence-corrected chi connectivity index (χ0v) is 24.2. The number of urea groups is 1. The Morgan fingerprint density at radius 1 is 1.02 bits per heavy atom. The number of nitrogens with zero attached hydrogens (tertiary/aromatic N) is 2. The largest absolute Gasteiger partial charge is 0.488 e. The average molecular weight is 575 g/mol. The molecule has 10 heteroatoms. The normalized spacial score (nSPS) is 18.8. The number of nitrogens with one attached hydrogen (secondary N) is 2. The Hall–Kier alpha value is -4.28. The quantitative estimate of drug-likeness (QED) is 0.367. The molecule has 2 aliphatic heterocycles. The summed E-state index contributed by atoms with van der Waals surface area (Å²) >= 11 is 0. The van der Waals surface area contributed by atoms with Crippen LogP contribution in [-0.4, -0.2) is 72.5 Å². The van der Waals surface area contributed by atoms with Gasteiger partial charge in [-0.2, -0.15) is 0 Å². The van der Waals surface area contributed by atoms with E-state index in [1.165, 1.54) is 0 Å². The fourth-order valence-electron chi connectivity index (χ4n) is 5.26. The van der Waals surface area contributed by atoms with Crippen LogP contribution in [0, 0.1) is 5.92 Å². The molecule has 3 N–H and O–H groups in total. The van der Waals surface area contributed by atoms with E-state index in [1.807, 2.05) is 56.4 Å². The Morgan fingerprint density at radius 3 is 2.55 bits per heavy atom. The summed E-state index contributed by atoms with van der Waals surface area (Å²) in [6.07, 6.45) is -0.163. The molecule has 10 nitrogen and oxygen atoms in total. The second-order valence-electron chi connectivity index (χ2n) is 11.0. The molecule has 42 heavy (non-hydrogen) atoms. The molecule has 0 bridgehead atoms. The first-order valence-electron chi connectivity index (χ1n) is 14.2. The van der Waals surface area contributed by atoms with Gasteiger partial charge in [0.15, 0.2) is 11.5 Å². The Kier molecular flexibility index (Phi) is 9.14. The number of carbonyl (C=O) groups is 2. The topological polar surface area (TPSA) is 113 Å². The first-order valence-corrected chi connectivity index (χ1v) is 14.2. The number of aliphatic hydroxyl groups is 1. The van der Waals surface area contributed by atoms with Gasteiger partial charge in [-0.25, -0.2) is 4.79 Å². The van der Waals surface area contributed by atoms with Crippen LogP contribution in [0.5, 0.6) is 17.2 Å². The lowest BCUT2D eigenvalue weighted by Crippen LogP contribution is -2.47. The van der Waals surface area contributed by atoms with Crippen LogP contribution in [0.15, 0.2) is 66.7 Å². The van der Waals surface area contributed by atoms with Crippen LogP contribution < -0.4 is 24.8 Å². The number of anilines is 2. The van der Waals surface area contributed by atoms with Crippen molar-refractivity contribution < 1.29 is 28.9 Å². The van der Waals surface area contributed by atoms with Crippen molar-refractivity contribution in [3.8, 4) is 17.2 Å². The molecule has 3 aromatic rings. The van der Waals surface area contributed by atoms with Gasteiger partial charge >= 0.3 is 6.03 Å². The number of aliphatic hydroxyl groups excluding tert-OH is 1. The third-order valence-electron chi connectivity index (χ3n) is 7.59. The van der Waals surface area contributed by atoms with Crippen molar-refractivity contribution in [2.24, 2.45) is 5.92 Å². The maximum atomic E-state index is 13.5. The van der Waals surface area contributed by atoms with E-state index in [9.17, 15) is 14.7 Å². The molecule has 3 atom stereocenters. The molecule has 0 radical (unpaired) electrons. The first kappa shape index (κ1) is 29.2. The standard InChI is InChI=1S/C32H38N4O6/c1-21-16-36(22(2)19-37)31(38)15-24-14-26(34-32(39)33-25-7-5-4-6-8-25)10-12-27(24)42-30(21)18-35(3)17-23-9-11-28-29(13-23)41-20-40-28/h4-14,21-22,30,37H,15-20H2,1-3H3,(H2,33,34,39)/t21-,22+,30+/m0/s1. The highest BCUT2D eigenvalue weighted by Crippen LogP contribution is 2.33. The number of carbonyl (C=O) groups excluding carboxylic acids is 2. The summed E-state index contributed by atoms with van der Waals surface area (Å²) in [5, 5.41) is 15.6. The zero-order chi connectivity index (χ0) is 29.6. The second-order valence-corrected chi connectivity index (χ2v) is 11.0. The van der Waals surface area contributed by atoms with Crippen molar-refractivity contribution in [1.29, 1.82) is 0 Å². The molecule has 5 rings (SSSR count). The summed E-state index contributed by atoms with van der Waals surface area (Å²) in [5.41, 5.74) is 2.98. The molecule has 0 fully saturated rings. The van der Waals surface area contributed by atoms with Gasteiger partial charge in [-0.15, -0.1) is 0 Å². The summed E-state index contributed by atoms with van der Waals surface area (Å²) in [5.74, 6) is 1.97. The summed E-state index contributed by atoms with van der Waals surface area (Å²) in [6.45, 7) is 5.73. The molecule has 0 aliphatic carbocycles. The van der Waals surface area contributed by atoms with Gasteiger partial charge in [-0.3, -0.25) is 9.69 Å². The Bertz CT molecular complexity index is 1400. The van der Waals surface area contributed by atoms with E-state index >= 15 is 0 Å². The van der Waals surface area contributed by atoms with Crippen molar-refractivity contribution >= 4 is 23.3 Å². The molecular formula is C32H38N4O6. The highest BCUT2D eigenvalue weighted by Gasteiger charge is 2.31. The number of amides is 3. The van der Waals surface area contributed by atoms with Crippen molar-refractivity contribution in [1.82, 2.24) is 9.80 Å². The van der Waals surface area contributed by atoms with Gasteiger partial charge in [0.1, 0.15) is 11.9 Å². The Balaban J connectivity index is 1.35. The van der Waals surface area contributed by atoms with E-state index in [0.717, 1.165) is 17.1 Å². The van der Waals surface area contributed by atoms with E-state index in [4.69, 9.17) is 14.2 Å². The van der Waals surface area contributed by atoms with Gasteiger partial charge in [0.25, 0.3) is 0 Å². The summed E-state index contributed by atoms with van der Waals surface area (Å²) in [6, 6.07) is 19.8. The van der Waals surface area contributed by atoms with Crippen molar-refractivity contribution in [2.75, 3.05) is 44.2 Å². The number of hydrogen-bond acceptors (Lipinski definition) is 7. The molecular weight excluding hydrogens is 536 g/mol. The minimum Gasteiger partial charge on any atom is -0.488 e. The molecule has 0 saturated carbocycles. The highest BCUT2D eigenvalue weighted by molar-refractivity contribution is 5.99. The van der Waals surface area contributed by atoms with E-state index in [2.05, 4.69) is 22.5 Å². The number of para-hydroxylation sites is 1. The predicted octanol–water partition coefficient (Wildman–Crippen LogP) is 4.34. The first-order chi connectivity index (χ1) is 20.3. The number of likely N-dealkylation sites (N-methyl/N-ethyl adjacent to an activating group) is 1. The highest BCUT2D eigenvalue weighted by atomic mass is 16.7. The SMILES string of the molecule is C[C@H](CO)N1C[C@H](C)[C@@H](CN(C)Cc2ccc3c(c2)OCO3)Oc2ccc(NC(=O)Nc3ccccc3)cc2CC1=O. The fraction of sp³-hybridized carbons (Fsp3) is 0.375. The molecule has 0 saturated heterocycles. The molecule has 2 heterocycles. The number of ether oxygens (including phenoxy) is 3. The molecule has 0 spiro atoms. The summed E-state index contributed by atoms with van der Waals surface area (Å²) in [4.78, 5) is 30.0. The monoisotopic (exact) mass is 574 g/mol. The molecule has 3 amide bonds. The molecule has 0 unspecified atom stereocenters. The lowest BCUT2D eigenvalue weighted by Gasteiger charge is -2.34. The van der Waals surface area contributed by atoms with Crippen LogP contribution in [0.2, 0.25) is 0 Å². The maximum absolute atomic E-state index is 13.5. The minimum atomic E-state index is -0.386. The van der Waals surface area contributed by atoms with Crippen LogP contribution in [0.25, 0.3) is 0 Å². The third-order valence-corrected chi connectivity index (χ3v) is 7.59. The van der Waals surface area contributed by atoms with Crippen LogP contribution in [0.1, 0.15) is 25.0 Å².